The van der Waals surface area contributed by atoms with E-state index in [0.717, 1.165) is 4.47 Å². The number of benzene rings is 1. The van der Waals surface area contributed by atoms with E-state index in [9.17, 15) is 9.59 Å². The molecular formula is C15H20BrNO4. The summed E-state index contributed by atoms with van der Waals surface area (Å²) in [6.07, 6.45) is 0.523. The van der Waals surface area contributed by atoms with Crippen molar-refractivity contribution in [1.82, 2.24) is 5.32 Å². The molecule has 1 rings (SSSR count). The predicted octanol–water partition coefficient (Wildman–Crippen LogP) is 2.83. The van der Waals surface area contributed by atoms with E-state index < -0.39 is 12.0 Å². The van der Waals surface area contributed by atoms with Gasteiger partial charge in [-0.25, -0.2) is 4.79 Å². The number of aliphatic carboxylic acids is 1. The summed E-state index contributed by atoms with van der Waals surface area (Å²) in [5, 5.41) is 11.6. The Hall–Kier alpha value is -1.56. The fourth-order valence-corrected chi connectivity index (χ4v) is 2.17. The maximum absolute atomic E-state index is 11.7. The van der Waals surface area contributed by atoms with Gasteiger partial charge < -0.3 is 15.2 Å². The number of para-hydroxylation sites is 1. The van der Waals surface area contributed by atoms with Gasteiger partial charge in [0.25, 0.3) is 0 Å². The second-order valence-electron chi connectivity index (χ2n) is 5.12. The van der Waals surface area contributed by atoms with E-state index in [-0.39, 0.29) is 24.9 Å². The highest BCUT2D eigenvalue weighted by atomic mass is 79.9. The van der Waals surface area contributed by atoms with Crippen molar-refractivity contribution < 1.29 is 19.4 Å². The van der Waals surface area contributed by atoms with Crippen LogP contribution in [0.2, 0.25) is 0 Å². The molecule has 0 heterocycles. The Morgan fingerprint density at radius 1 is 1.33 bits per heavy atom. The Labute approximate surface area is 132 Å². The van der Waals surface area contributed by atoms with Crippen molar-refractivity contribution in [2.75, 3.05) is 6.61 Å². The molecule has 0 saturated heterocycles. The van der Waals surface area contributed by atoms with Crippen LogP contribution < -0.4 is 10.1 Å². The van der Waals surface area contributed by atoms with Crippen LogP contribution in [0.3, 0.4) is 0 Å². The van der Waals surface area contributed by atoms with E-state index in [2.05, 4.69) is 21.2 Å². The number of nitrogens with one attached hydrogen (secondary N) is 1. The molecule has 0 aliphatic rings. The molecule has 1 atom stereocenters. The zero-order valence-electron chi connectivity index (χ0n) is 12.1. The minimum absolute atomic E-state index is 0.114. The number of carbonyl (C=O) groups excluding carboxylic acids is 1. The summed E-state index contributed by atoms with van der Waals surface area (Å²) >= 11 is 3.35. The van der Waals surface area contributed by atoms with Crippen molar-refractivity contribution in [3.8, 4) is 5.75 Å². The van der Waals surface area contributed by atoms with Crippen LogP contribution in [-0.2, 0) is 9.59 Å². The molecule has 5 nitrogen and oxygen atoms in total. The monoisotopic (exact) mass is 357 g/mol. The molecule has 0 aliphatic carbocycles. The van der Waals surface area contributed by atoms with Gasteiger partial charge in [-0.1, -0.05) is 26.0 Å². The van der Waals surface area contributed by atoms with Crippen LogP contribution in [0.4, 0.5) is 0 Å². The van der Waals surface area contributed by atoms with E-state index in [0.29, 0.717) is 12.2 Å². The van der Waals surface area contributed by atoms with Crippen LogP contribution in [0.5, 0.6) is 5.75 Å². The molecule has 0 spiro atoms. The molecule has 21 heavy (non-hydrogen) atoms. The second-order valence-corrected chi connectivity index (χ2v) is 5.97. The van der Waals surface area contributed by atoms with Crippen LogP contribution in [0.1, 0.15) is 26.7 Å². The fourth-order valence-electron chi connectivity index (χ4n) is 1.77. The fraction of sp³-hybridized carbons (Fsp3) is 0.467. The van der Waals surface area contributed by atoms with Gasteiger partial charge in [-0.15, -0.1) is 0 Å². The summed E-state index contributed by atoms with van der Waals surface area (Å²) in [5.41, 5.74) is 0. The number of ether oxygens (including phenoxy) is 1. The van der Waals surface area contributed by atoms with Crippen LogP contribution >= 0.6 is 15.9 Å². The van der Waals surface area contributed by atoms with Crippen molar-refractivity contribution in [3.63, 3.8) is 0 Å². The van der Waals surface area contributed by atoms with Crippen molar-refractivity contribution in [1.29, 1.82) is 0 Å². The van der Waals surface area contributed by atoms with Gasteiger partial charge in [0, 0.05) is 0 Å². The molecule has 116 valence electrons. The average molecular weight is 358 g/mol. The highest BCUT2D eigenvalue weighted by molar-refractivity contribution is 9.10. The molecule has 0 radical (unpaired) electrons. The Morgan fingerprint density at radius 2 is 2.00 bits per heavy atom. The van der Waals surface area contributed by atoms with Crippen LogP contribution in [0.15, 0.2) is 28.7 Å². The van der Waals surface area contributed by atoms with Gasteiger partial charge >= 0.3 is 5.97 Å². The van der Waals surface area contributed by atoms with E-state index in [1.807, 2.05) is 32.0 Å². The summed E-state index contributed by atoms with van der Waals surface area (Å²) in [7, 11) is 0. The molecular weight excluding hydrogens is 338 g/mol. The largest absolute Gasteiger partial charge is 0.492 e. The number of amides is 1. The maximum Gasteiger partial charge on any atom is 0.326 e. The number of carboxylic acids is 1. The first-order valence-electron chi connectivity index (χ1n) is 6.79. The average Bonchev–Trinajstić information content (AvgIpc) is 2.39. The molecule has 0 aliphatic heterocycles. The molecule has 1 amide bonds. The summed E-state index contributed by atoms with van der Waals surface area (Å²) in [6, 6.07) is 6.50. The van der Waals surface area contributed by atoms with E-state index in [1.165, 1.54) is 0 Å². The number of halogens is 1. The van der Waals surface area contributed by atoms with Gasteiger partial charge in [-0.3, -0.25) is 4.79 Å². The number of rotatable bonds is 8. The third-order valence-corrected chi connectivity index (χ3v) is 3.42. The molecule has 0 aromatic heterocycles. The van der Waals surface area contributed by atoms with Crippen molar-refractivity contribution in [2.45, 2.75) is 32.7 Å². The molecule has 2 N–H and O–H groups in total. The lowest BCUT2D eigenvalue weighted by Gasteiger charge is -2.16. The maximum atomic E-state index is 11.7. The lowest BCUT2D eigenvalue weighted by molar-refractivity contribution is -0.142. The van der Waals surface area contributed by atoms with Gasteiger partial charge in [0.05, 0.1) is 17.5 Å². The van der Waals surface area contributed by atoms with Gasteiger partial charge in [0.2, 0.25) is 5.91 Å². The summed E-state index contributed by atoms with van der Waals surface area (Å²) < 4.78 is 6.29. The quantitative estimate of drug-likeness (QED) is 0.749. The van der Waals surface area contributed by atoms with Crippen LogP contribution in [0, 0.1) is 5.92 Å². The molecule has 1 aromatic rings. The zero-order chi connectivity index (χ0) is 15.8. The standard InChI is InChI=1S/C15H20BrNO4/c1-10(2)9-12(15(19)20)17-14(18)7-8-21-13-6-4-3-5-11(13)16/h3-6,10,12H,7-9H2,1-2H3,(H,17,18)(H,19,20)/t12-/m1/s1. The molecule has 0 saturated carbocycles. The zero-order valence-corrected chi connectivity index (χ0v) is 13.7. The third-order valence-electron chi connectivity index (χ3n) is 2.76. The first kappa shape index (κ1) is 17.5. The Bertz CT molecular complexity index is 490. The Kier molecular flexibility index (Phi) is 7.22. The topological polar surface area (TPSA) is 75.6 Å². The Balaban J connectivity index is 2.39. The number of carboxylic acid groups (broad SMARTS) is 1. The molecule has 0 bridgehead atoms. The second kappa shape index (κ2) is 8.67. The first-order valence-corrected chi connectivity index (χ1v) is 7.59. The molecule has 6 heteroatoms. The third kappa shape index (κ3) is 6.62. The summed E-state index contributed by atoms with van der Waals surface area (Å²) in [6.45, 7) is 4.03. The van der Waals surface area contributed by atoms with Crippen LogP contribution in [-0.4, -0.2) is 29.6 Å². The summed E-state index contributed by atoms with van der Waals surface area (Å²) in [5.74, 6) is -0.482. The molecule has 1 aromatic carbocycles. The number of hydrogen-bond acceptors (Lipinski definition) is 3. The highest BCUT2D eigenvalue weighted by Gasteiger charge is 2.20. The van der Waals surface area contributed by atoms with Crippen molar-refractivity contribution >= 4 is 27.8 Å². The number of carbonyl (C=O) groups is 2. The van der Waals surface area contributed by atoms with Crippen LogP contribution in [0.25, 0.3) is 0 Å². The van der Waals surface area contributed by atoms with Gasteiger partial charge in [0.1, 0.15) is 11.8 Å². The lowest BCUT2D eigenvalue weighted by Crippen LogP contribution is -2.42. The van der Waals surface area contributed by atoms with E-state index in [1.54, 1.807) is 6.07 Å². The normalized spacial score (nSPS) is 12.0. The summed E-state index contributed by atoms with van der Waals surface area (Å²) in [4.78, 5) is 22.8. The van der Waals surface area contributed by atoms with E-state index >= 15 is 0 Å². The minimum Gasteiger partial charge on any atom is -0.492 e. The smallest absolute Gasteiger partial charge is 0.326 e. The van der Waals surface area contributed by atoms with Gasteiger partial charge in [-0.2, -0.15) is 0 Å². The minimum atomic E-state index is -1.01. The molecule has 0 fully saturated rings. The van der Waals surface area contributed by atoms with Crippen molar-refractivity contribution in [2.24, 2.45) is 5.92 Å². The first-order chi connectivity index (χ1) is 9.90. The highest BCUT2D eigenvalue weighted by Crippen LogP contribution is 2.23. The Morgan fingerprint density at radius 3 is 2.57 bits per heavy atom. The van der Waals surface area contributed by atoms with Gasteiger partial charge in [0.15, 0.2) is 0 Å². The molecule has 0 unspecified atom stereocenters. The SMILES string of the molecule is CC(C)C[C@@H](NC(=O)CCOc1ccccc1Br)C(=O)O. The predicted molar refractivity (Wildman–Crippen MR) is 83.3 cm³/mol. The van der Waals surface area contributed by atoms with Gasteiger partial charge in [-0.05, 0) is 40.4 Å². The number of hydrogen-bond donors (Lipinski definition) is 2. The van der Waals surface area contributed by atoms with E-state index in [4.69, 9.17) is 9.84 Å². The van der Waals surface area contributed by atoms with Crippen molar-refractivity contribution in [3.05, 3.63) is 28.7 Å². The lowest BCUT2D eigenvalue weighted by atomic mass is 10.0.